The van der Waals surface area contributed by atoms with Gasteiger partial charge >= 0.3 is 0 Å². The molecular formula is C24H23F2NO3S. The lowest BCUT2D eigenvalue weighted by molar-refractivity contribution is -0.113. The Labute approximate surface area is 180 Å². The van der Waals surface area contributed by atoms with Crippen LogP contribution in [0.1, 0.15) is 28.0 Å². The van der Waals surface area contributed by atoms with Gasteiger partial charge in [-0.15, -0.1) is 0 Å². The number of aliphatic hydroxyl groups is 1. The first-order chi connectivity index (χ1) is 14.7. The van der Waals surface area contributed by atoms with Gasteiger partial charge in [-0.1, -0.05) is 60.7 Å². The van der Waals surface area contributed by atoms with Crippen molar-refractivity contribution in [1.82, 2.24) is 4.90 Å². The molecule has 0 spiro atoms. The molecule has 1 saturated heterocycles. The Morgan fingerprint density at radius 3 is 1.90 bits per heavy atom. The van der Waals surface area contributed by atoms with E-state index in [1.807, 2.05) is 65.6 Å². The minimum Gasteiger partial charge on any atom is -0.385 e. The summed E-state index contributed by atoms with van der Waals surface area (Å²) in [7, 11) is -3.94. The topological polar surface area (TPSA) is 57.6 Å². The van der Waals surface area contributed by atoms with Gasteiger partial charge in [0.15, 0.2) is 9.84 Å². The average molecular weight is 444 g/mol. The predicted molar refractivity (Wildman–Crippen MR) is 115 cm³/mol. The molecule has 0 saturated carbocycles. The number of hydrogen-bond donors (Lipinski definition) is 1. The fraction of sp³-hybridized carbons (Fsp3) is 0.250. The van der Waals surface area contributed by atoms with Crippen molar-refractivity contribution < 1.29 is 22.3 Å². The Hall–Kier alpha value is -2.61. The summed E-state index contributed by atoms with van der Waals surface area (Å²) in [6.45, 7) is -0.00963. The molecule has 0 bridgehead atoms. The summed E-state index contributed by atoms with van der Waals surface area (Å²) < 4.78 is 53.4. The van der Waals surface area contributed by atoms with Crippen molar-refractivity contribution >= 4 is 9.84 Å². The molecule has 0 aliphatic carbocycles. The summed E-state index contributed by atoms with van der Waals surface area (Å²) in [6.07, 6.45) is 0.939. The number of nitrogens with zero attached hydrogens (tertiary/aromatic N) is 1. The summed E-state index contributed by atoms with van der Waals surface area (Å²) in [5.41, 5.74) is -0.114. The zero-order valence-electron chi connectivity index (χ0n) is 16.9. The highest BCUT2D eigenvalue weighted by atomic mass is 32.2. The molecule has 1 heterocycles. The summed E-state index contributed by atoms with van der Waals surface area (Å²) in [6, 6.07) is 21.8. The highest BCUT2D eigenvalue weighted by Gasteiger charge is 2.55. The number of rotatable bonds is 6. The van der Waals surface area contributed by atoms with Gasteiger partial charge in [0.05, 0.1) is 6.04 Å². The molecule has 162 valence electrons. The van der Waals surface area contributed by atoms with Crippen molar-refractivity contribution in [2.75, 3.05) is 19.3 Å². The van der Waals surface area contributed by atoms with Crippen LogP contribution < -0.4 is 0 Å². The summed E-state index contributed by atoms with van der Waals surface area (Å²) in [5, 5.41) is 9.71. The van der Waals surface area contributed by atoms with E-state index in [1.165, 1.54) is 0 Å². The predicted octanol–water partition coefficient (Wildman–Crippen LogP) is 3.89. The SMILES string of the molecule is CS(=O)(=O)C(c1cc(F)ccc1F)C1(O)CN(C(c2ccccc2)c2ccccc2)C1. The van der Waals surface area contributed by atoms with Crippen molar-refractivity contribution in [1.29, 1.82) is 0 Å². The van der Waals surface area contributed by atoms with Crippen molar-refractivity contribution in [3.05, 3.63) is 107 Å². The normalized spacial score (nSPS) is 17.3. The van der Waals surface area contributed by atoms with Gasteiger partial charge in [0.25, 0.3) is 0 Å². The first kappa shape index (κ1) is 21.6. The van der Waals surface area contributed by atoms with E-state index < -0.39 is 32.3 Å². The second-order valence-corrected chi connectivity index (χ2v) is 10.2. The third kappa shape index (κ3) is 4.26. The number of sulfone groups is 1. The van der Waals surface area contributed by atoms with Crippen molar-refractivity contribution in [3.63, 3.8) is 0 Å². The van der Waals surface area contributed by atoms with E-state index >= 15 is 0 Å². The molecule has 1 N–H and O–H groups in total. The maximum Gasteiger partial charge on any atom is 0.157 e. The molecule has 0 aromatic heterocycles. The van der Waals surface area contributed by atoms with Gasteiger partial charge in [-0.2, -0.15) is 0 Å². The van der Waals surface area contributed by atoms with Gasteiger partial charge in [0, 0.05) is 24.9 Å². The zero-order valence-corrected chi connectivity index (χ0v) is 17.8. The van der Waals surface area contributed by atoms with Crippen molar-refractivity contribution in [3.8, 4) is 0 Å². The molecule has 3 aromatic rings. The molecule has 4 rings (SSSR count). The molecule has 1 aliphatic rings. The van der Waals surface area contributed by atoms with Crippen LogP contribution in [0.2, 0.25) is 0 Å². The third-order valence-electron chi connectivity index (χ3n) is 5.71. The summed E-state index contributed by atoms with van der Waals surface area (Å²) in [5.74, 6) is -1.61. The fourth-order valence-electron chi connectivity index (χ4n) is 4.52. The van der Waals surface area contributed by atoms with Gasteiger partial charge in [-0.25, -0.2) is 17.2 Å². The van der Waals surface area contributed by atoms with E-state index in [1.54, 1.807) is 0 Å². The fourth-order valence-corrected chi connectivity index (χ4v) is 6.11. The van der Waals surface area contributed by atoms with Crippen LogP contribution in [0.5, 0.6) is 0 Å². The van der Waals surface area contributed by atoms with Crippen LogP contribution in [0.15, 0.2) is 78.9 Å². The number of halogens is 2. The quantitative estimate of drug-likeness (QED) is 0.628. The molecule has 0 radical (unpaired) electrons. The molecule has 0 amide bonds. The maximum absolute atomic E-state index is 14.5. The second kappa shape index (κ2) is 8.15. The molecule has 7 heteroatoms. The minimum atomic E-state index is -3.94. The highest BCUT2D eigenvalue weighted by Crippen LogP contribution is 2.45. The Balaban J connectivity index is 1.70. The van der Waals surface area contributed by atoms with E-state index in [9.17, 15) is 22.3 Å². The van der Waals surface area contributed by atoms with Gasteiger partial charge in [-0.3, -0.25) is 4.90 Å². The van der Waals surface area contributed by atoms with Crippen LogP contribution in [0.3, 0.4) is 0 Å². The highest BCUT2D eigenvalue weighted by molar-refractivity contribution is 7.91. The van der Waals surface area contributed by atoms with Crippen molar-refractivity contribution in [2.45, 2.75) is 16.9 Å². The lowest BCUT2D eigenvalue weighted by Crippen LogP contribution is -2.66. The first-order valence-corrected chi connectivity index (χ1v) is 11.8. The van der Waals surface area contributed by atoms with E-state index in [2.05, 4.69) is 0 Å². The lowest BCUT2D eigenvalue weighted by Gasteiger charge is -2.53. The van der Waals surface area contributed by atoms with Crippen LogP contribution in [-0.2, 0) is 9.84 Å². The number of β-amino-alcohol motifs (C(OH)–C–C–N with tert-alkyl or cyclic N) is 1. The number of likely N-dealkylation sites (tertiary alicyclic amines) is 1. The lowest BCUT2D eigenvalue weighted by atomic mass is 9.82. The molecular weight excluding hydrogens is 420 g/mol. The van der Waals surface area contributed by atoms with Crippen LogP contribution in [0, 0.1) is 11.6 Å². The van der Waals surface area contributed by atoms with Crippen LogP contribution in [0.4, 0.5) is 8.78 Å². The molecule has 31 heavy (non-hydrogen) atoms. The summed E-state index contributed by atoms with van der Waals surface area (Å²) in [4.78, 5) is 1.94. The van der Waals surface area contributed by atoms with E-state index in [-0.39, 0.29) is 24.7 Å². The van der Waals surface area contributed by atoms with Crippen LogP contribution in [-0.4, -0.2) is 43.4 Å². The largest absolute Gasteiger partial charge is 0.385 e. The molecule has 1 fully saturated rings. The Kier molecular flexibility index (Phi) is 5.68. The van der Waals surface area contributed by atoms with E-state index in [0.29, 0.717) is 0 Å². The van der Waals surface area contributed by atoms with Crippen LogP contribution in [0.25, 0.3) is 0 Å². The Morgan fingerprint density at radius 1 is 0.903 bits per heavy atom. The molecule has 1 aliphatic heterocycles. The van der Waals surface area contributed by atoms with Gasteiger partial charge < -0.3 is 5.11 Å². The zero-order chi connectivity index (χ0) is 22.2. The molecule has 3 aromatic carbocycles. The Bertz CT molecular complexity index is 1120. The van der Waals surface area contributed by atoms with Gasteiger partial charge in [-0.05, 0) is 29.3 Å². The number of benzene rings is 3. The van der Waals surface area contributed by atoms with Gasteiger partial charge in [0.1, 0.15) is 22.5 Å². The minimum absolute atomic E-state index is 0.00482. The monoisotopic (exact) mass is 443 g/mol. The van der Waals surface area contributed by atoms with Crippen molar-refractivity contribution in [2.24, 2.45) is 0 Å². The first-order valence-electron chi connectivity index (χ1n) is 9.89. The molecule has 1 atom stereocenters. The summed E-state index contributed by atoms with van der Waals surface area (Å²) >= 11 is 0. The molecule has 4 nitrogen and oxygen atoms in total. The smallest absolute Gasteiger partial charge is 0.157 e. The molecule has 1 unspecified atom stereocenters. The van der Waals surface area contributed by atoms with Gasteiger partial charge in [0.2, 0.25) is 0 Å². The number of hydrogen-bond acceptors (Lipinski definition) is 4. The van der Waals surface area contributed by atoms with Crippen LogP contribution >= 0.6 is 0 Å². The second-order valence-electron chi connectivity index (χ2n) is 8.11. The standard InChI is InChI=1S/C24H23F2NO3S/c1-31(29,30)23(20-14-19(25)12-13-21(20)26)24(28)15-27(16-24)22(17-8-4-2-5-9-17)18-10-6-3-7-11-18/h2-14,22-23,28H,15-16H2,1H3. The Morgan fingerprint density at radius 2 is 1.42 bits per heavy atom. The van der Waals surface area contributed by atoms with E-state index in [0.717, 1.165) is 35.6 Å². The maximum atomic E-state index is 14.5. The third-order valence-corrected chi connectivity index (χ3v) is 7.26. The average Bonchev–Trinajstić information content (AvgIpc) is 2.70. The van der Waals surface area contributed by atoms with E-state index in [4.69, 9.17) is 0 Å².